The van der Waals surface area contributed by atoms with Crippen molar-refractivity contribution in [3.05, 3.63) is 53.6 Å². The topological polar surface area (TPSA) is 71.4 Å². The average molecular weight is 308 g/mol. The highest BCUT2D eigenvalue weighted by molar-refractivity contribution is 5.91. The van der Waals surface area contributed by atoms with Crippen LogP contribution in [0.3, 0.4) is 0 Å². The zero-order valence-corrected chi connectivity index (χ0v) is 12.5. The Hall–Kier alpha value is -3.00. The van der Waals surface area contributed by atoms with Crippen LogP contribution < -0.4 is 14.8 Å². The number of nitrogens with one attached hydrogen (secondary N) is 1. The van der Waals surface area contributed by atoms with Crippen LogP contribution in [0.25, 0.3) is 0 Å². The van der Waals surface area contributed by atoms with Crippen molar-refractivity contribution >= 4 is 11.6 Å². The molecule has 2 aromatic rings. The monoisotopic (exact) mass is 308 g/mol. The number of aryl methyl sites for hydroxylation is 1. The number of nitriles is 1. The molecule has 5 heteroatoms. The zero-order chi connectivity index (χ0) is 16.1. The smallest absolute Gasteiger partial charge is 0.224 e. The summed E-state index contributed by atoms with van der Waals surface area (Å²) in [4.78, 5) is 12.0. The van der Waals surface area contributed by atoms with Gasteiger partial charge in [-0.25, -0.2) is 0 Å². The summed E-state index contributed by atoms with van der Waals surface area (Å²) in [6.45, 7) is 1.06. The molecule has 1 aliphatic rings. The fourth-order valence-corrected chi connectivity index (χ4v) is 2.35. The molecule has 0 fully saturated rings. The van der Waals surface area contributed by atoms with Gasteiger partial charge < -0.3 is 14.8 Å². The van der Waals surface area contributed by atoms with Gasteiger partial charge in [0.1, 0.15) is 13.2 Å². The lowest BCUT2D eigenvalue weighted by Gasteiger charge is -2.19. The Morgan fingerprint density at radius 2 is 1.83 bits per heavy atom. The third-order valence-electron chi connectivity index (χ3n) is 3.55. The van der Waals surface area contributed by atoms with E-state index in [-0.39, 0.29) is 5.91 Å². The fraction of sp³-hybridized carbons (Fsp3) is 0.222. The van der Waals surface area contributed by atoms with Crippen molar-refractivity contribution in [3.8, 4) is 17.6 Å². The number of benzene rings is 2. The van der Waals surface area contributed by atoms with E-state index in [9.17, 15) is 4.79 Å². The molecule has 1 amide bonds. The maximum atomic E-state index is 12.0. The first-order valence-corrected chi connectivity index (χ1v) is 7.43. The van der Waals surface area contributed by atoms with Crippen molar-refractivity contribution in [2.24, 2.45) is 0 Å². The molecule has 0 bridgehead atoms. The Labute approximate surface area is 134 Å². The molecule has 1 heterocycles. The lowest BCUT2D eigenvalue weighted by molar-refractivity contribution is -0.116. The number of carbonyl (C=O) groups excluding carboxylic acids is 1. The maximum Gasteiger partial charge on any atom is 0.224 e. The molecule has 0 saturated heterocycles. The van der Waals surface area contributed by atoms with E-state index in [4.69, 9.17) is 14.7 Å². The Morgan fingerprint density at radius 3 is 2.57 bits per heavy atom. The van der Waals surface area contributed by atoms with Gasteiger partial charge in [0.2, 0.25) is 5.91 Å². The molecule has 2 aromatic carbocycles. The summed E-state index contributed by atoms with van der Waals surface area (Å²) in [5, 5.41) is 11.6. The first-order chi connectivity index (χ1) is 11.2. The maximum absolute atomic E-state index is 12.0. The molecule has 23 heavy (non-hydrogen) atoms. The number of amides is 1. The summed E-state index contributed by atoms with van der Waals surface area (Å²) in [6.07, 6.45) is 1.00. The molecular weight excluding hydrogens is 292 g/mol. The second kappa shape index (κ2) is 6.84. The third-order valence-corrected chi connectivity index (χ3v) is 3.55. The minimum absolute atomic E-state index is 0.0639. The second-order valence-electron chi connectivity index (χ2n) is 5.22. The van der Waals surface area contributed by atoms with Crippen LogP contribution in [0.4, 0.5) is 5.69 Å². The molecule has 0 atom stereocenters. The van der Waals surface area contributed by atoms with E-state index in [1.807, 2.05) is 12.1 Å². The highest BCUT2D eigenvalue weighted by Crippen LogP contribution is 2.32. The Bertz CT molecular complexity index is 748. The number of carbonyl (C=O) groups is 1. The minimum Gasteiger partial charge on any atom is -0.486 e. The van der Waals surface area contributed by atoms with Crippen LogP contribution in [0.1, 0.15) is 17.5 Å². The Kier molecular flexibility index (Phi) is 4.44. The van der Waals surface area contributed by atoms with Gasteiger partial charge in [-0.3, -0.25) is 4.79 Å². The molecule has 0 aromatic heterocycles. The van der Waals surface area contributed by atoms with Crippen molar-refractivity contribution < 1.29 is 14.3 Å². The highest BCUT2D eigenvalue weighted by Gasteiger charge is 2.12. The van der Waals surface area contributed by atoms with E-state index < -0.39 is 0 Å². The van der Waals surface area contributed by atoms with E-state index >= 15 is 0 Å². The molecular formula is C18H16N2O3. The normalized spacial score (nSPS) is 12.3. The van der Waals surface area contributed by atoms with Crippen LogP contribution in [0, 0.1) is 11.3 Å². The van der Waals surface area contributed by atoms with Crippen LogP contribution in [0.15, 0.2) is 42.5 Å². The Balaban J connectivity index is 1.55. The predicted octanol–water partition coefficient (Wildman–Crippen LogP) is 2.90. The molecule has 0 spiro atoms. The molecule has 1 N–H and O–H groups in total. The van der Waals surface area contributed by atoms with Crippen molar-refractivity contribution in [2.45, 2.75) is 12.8 Å². The van der Waals surface area contributed by atoms with E-state index in [0.29, 0.717) is 48.8 Å². The second-order valence-corrected chi connectivity index (χ2v) is 5.22. The van der Waals surface area contributed by atoms with Gasteiger partial charge in [-0.1, -0.05) is 12.1 Å². The van der Waals surface area contributed by atoms with Gasteiger partial charge in [-0.15, -0.1) is 0 Å². The summed E-state index contributed by atoms with van der Waals surface area (Å²) in [5.41, 5.74) is 2.34. The number of nitrogens with zero attached hydrogens (tertiary/aromatic N) is 1. The minimum atomic E-state index is -0.0639. The highest BCUT2D eigenvalue weighted by atomic mass is 16.6. The molecule has 116 valence electrons. The number of ether oxygens (including phenoxy) is 2. The van der Waals surface area contributed by atoms with E-state index in [1.165, 1.54) is 0 Å². The number of hydrogen-bond acceptors (Lipinski definition) is 4. The lowest BCUT2D eigenvalue weighted by Crippen LogP contribution is -2.16. The van der Waals surface area contributed by atoms with Gasteiger partial charge in [0.15, 0.2) is 11.5 Å². The summed E-state index contributed by atoms with van der Waals surface area (Å²) in [7, 11) is 0. The fourth-order valence-electron chi connectivity index (χ4n) is 2.35. The van der Waals surface area contributed by atoms with Gasteiger partial charge >= 0.3 is 0 Å². The first-order valence-electron chi connectivity index (χ1n) is 7.43. The largest absolute Gasteiger partial charge is 0.486 e. The number of rotatable bonds is 4. The number of fused-ring (bicyclic) bond motifs is 1. The van der Waals surface area contributed by atoms with Crippen molar-refractivity contribution in [1.82, 2.24) is 0 Å². The van der Waals surface area contributed by atoms with Gasteiger partial charge in [-0.2, -0.15) is 5.26 Å². The summed E-state index contributed by atoms with van der Waals surface area (Å²) in [6, 6.07) is 14.7. The van der Waals surface area contributed by atoms with Crippen molar-refractivity contribution in [1.29, 1.82) is 5.26 Å². The SMILES string of the molecule is N#Cc1ccc(CCC(=O)Nc2ccc3c(c2)OCCO3)cc1. The van der Waals surface area contributed by atoms with E-state index in [1.54, 1.807) is 30.3 Å². The van der Waals surface area contributed by atoms with Crippen molar-refractivity contribution in [2.75, 3.05) is 18.5 Å². The van der Waals surface area contributed by atoms with Gasteiger partial charge in [0.05, 0.1) is 11.6 Å². The number of anilines is 1. The quantitative estimate of drug-likeness (QED) is 0.942. The predicted molar refractivity (Wildman–Crippen MR) is 85.5 cm³/mol. The van der Waals surface area contributed by atoms with Gasteiger partial charge in [0, 0.05) is 18.2 Å². The summed E-state index contributed by atoms with van der Waals surface area (Å²) in [5.74, 6) is 1.29. The first kappa shape index (κ1) is 14.9. The molecule has 0 saturated carbocycles. The number of hydrogen-bond donors (Lipinski definition) is 1. The van der Waals surface area contributed by atoms with Gasteiger partial charge in [0.25, 0.3) is 0 Å². The van der Waals surface area contributed by atoms with E-state index in [0.717, 1.165) is 5.56 Å². The summed E-state index contributed by atoms with van der Waals surface area (Å²) >= 11 is 0. The summed E-state index contributed by atoms with van der Waals surface area (Å²) < 4.78 is 10.9. The van der Waals surface area contributed by atoms with Crippen LogP contribution in [-0.2, 0) is 11.2 Å². The van der Waals surface area contributed by atoms with Crippen molar-refractivity contribution in [3.63, 3.8) is 0 Å². The standard InChI is InChI=1S/C18H16N2O3/c19-12-14-3-1-13(2-4-14)5-8-18(21)20-15-6-7-16-17(11-15)23-10-9-22-16/h1-4,6-7,11H,5,8-10H2,(H,20,21). The van der Waals surface area contributed by atoms with Crippen LogP contribution in [0.5, 0.6) is 11.5 Å². The molecule has 3 rings (SSSR count). The zero-order valence-electron chi connectivity index (χ0n) is 12.5. The third kappa shape index (κ3) is 3.80. The van der Waals surface area contributed by atoms with Crippen LogP contribution in [0.2, 0.25) is 0 Å². The van der Waals surface area contributed by atoms with E-state index in [2.05, 4.69) is 11.4 Å². The molecule has 0 radical (unpaired) electrons. The van der Waals surface area contributed by atoms with Crippen LogP contribution in [-0.4, -0.2) is 19.1 Å². The van der Waals surface area contributed by atoms with Gasteiger partial charge in [-0.05, 0) is 36.2 Å². The molecule has 0 aliphatic carbocycles. The Morgan fingerprint density at radius 1 is 1.09 bits per heavy atom. The molecule has 5 nitrogen and oxygen atoms in total. The lowest BCUT2D eigenvalue weighted by atomic mass is 10.1. The molecule has 0 unspecified atom stereocenters. The molecule has 1 aliphatic heterocycles. The average Bonchev–Trinajstić information content (AvgIpc) is 2.60. The van der Waals surface area contributed by atoms with Crippen LogP contribution >= 0.6 is 0 Å².